The van der Waals surface area contributed by atoms with Gasteiger partial charge >= 0.3 is 0 Å². The van der Waals surface area contributed by atoms with Crippen molar-refractivity contribution in [2.75, 3.05) is 31.7 Å². The summed E-state index contributed by atoms with van der Waals surface area (Å²) in [6.45, 7) is 3.17. The first-order valence-corrected chi connectivity index (χ1v) is 10.2. The minimum atomic E-state index is -0.347. The molecule has 2 heterocycles. The van der Waals surface area contributed by atoms with Crippen LogP contribution in [0.1, 0.15) is 24.0 Å². The minimum absolute atomic E-state index is 0.0669. The molecule has 2 aliphatic rings. The summed E-state index contributed by atoms with van der Waals surface area (Å²) in [5.74, 6) is -0.0391. The van der Waals surface area contributed by atoms with E-state index in [1.807, 2.05) is 48.2 Å². The van der Waals surface area contributed by atoms with Gasteiger partial charge < -0.3 is 14.7 Å². The fraction of sp³-hybridized carbons (Fsp3) is 0.333. The van der Waals surface area contributed by atoms with Gasteiger partial charge in [-0.15, -0.1) is 0 Å². The summed E-state index contributed by atoms with van der Waals surface area (Å²) >= 11 is 0. The lowest BCUT2D eigenvalue weighted by molar-refractivity contribution is -0.120. The predicted octanol–water partition coefficient (Wildman–Crippen LogP) is 2.99. The molecule has 0 spiro atoms. The molecule has 1 atom stereocenters. The summed E-state index contributed by atoms with van der Waals surface area (Å²) < 4.78 is 5.51. The third-order valence-corrected chi connectivity index (χ3v) is 5.89. The Bertz CT molecular complexity index is 1010. The van der Waals surface area contributed by atoms with Crippen molar-refractivity contribution in [3.8, 4) is 5.75 Å². The molecular formula is C24H26N2O4. The molecule has 1 N–H and O–H groups in total. The van der Waals surface area contributed by atoms with Crippen molar-refractivity contribution < 1.29 is 19.4 Å². The van der Waals surface area contributed by atoms with Crippen LogP contribution in [-0.4, -0.2) is 48.6 Å². The van der Waals surface area contributed by atoms with E-state index in [9.17, 15) is 14.7 Å². The third-order valence-electron chi connectivity index (χ3n) is 5.89. The van der Waals surface area contributed by atoms with E-state index in [1.54, 1.807) is 19.2 Å². The lowest BCUT2D eigenvalue weighted by Crippen LogP contribution is -2.40. The summed E-state index contributed by atoms with van der Waals surface area (Å²) in [5.41, 5.74) is 2.80. The Labute approximate surface area is 176 Å². The van der Waals surface area contributed by atoms with Crippen LogP contribution in [0.2, 0.25) is 0 Å². The number of likely N-dealkylation sites (tertiary alicyclic amines) is 1. The number of aliphatic hydroxyl groups is 1. The van der Waals surface area contributed by atoms with Crippen LogP contribution in [0.3, 0.4) is 0 Å². The Kier molecular flexibility index (Phi) is 5.59. The number of methoxy groups -OCH3 is 1. The van der Waals surface area contributed by atoms with E-state index in [-0.39, 0.29) is 24.3 Å². The standard InChI is InChI=1S/C24H26N2O4/c1-16-8-3-5-11-19(16)26-23(28)21(18-10-4-6-12-20(18)30-2)22(24(26)29)25-13-7-9-17(14-25)15-27/h3-6,8,10-12,17,27H,7,9,13-15H2,1-2H3. The number of piperidine rings is 1. The number of aliphatic hydroxyl groups excluding tert-OH is 1. The quantitative estimate of drug-likeness (QED) is 0.773. The molecular weight excluding hydrogens is 380 g/mol. The number of amides is 2. The van der Waals surface area contributed by atoms with Gasteiger partial charge in [0.1, 0.15) is 11.4 Å². The Morgan fingerprint density at radius 1 is 1.07 bits per heavy atom. The number of aryl methyl sites for hydroxylation is 1. The van der Waals surface area contributed by atoms with Gasteiger partial charge in [0.2, 0.25) is 0 Å². The van der Waals surface area contributed by atoms with Gasteiger partial charge in [-0.25, -0.2) is 4.90 Å². The number of imide groups is 1. The lowest BCUT2D eigenvalue weighted by Gasteiger charge is -2.34. The molecule has 0 bridgehead atoms. The first-order chi connectivity index (χ1) is 14.6. The van der Waals surface area contributed by atoms with Crippen LogP contribution in [0.5, 0.6) is 5.75 Å². The molecule has 6 heteroatoms. The van der Waals surface area contributed by atoms with Crippen molar-refractivity contribution >= 4 is 23.1 Å². The van der Waals surface area contributed by atoms with Crippen LogP contribution in [0, 0.1) is 12.8 Å². The van der Waals surface area contributed by atoms with Crippen LogP contribution in [-0.2, 0) is 9.59 Å². The lowest BCUT2D eigenvalue weighted by atomic mass is 9.96. The Hall–Kier alpha value is -3.12. The molecule has 1 saturated heterocycles. The van der Waals surface area contributed by atoms with E-state index in [0.29, 0.717) is 41.4 Å². The molecule has 156 valence electrons. The highest BCUT2D eigenvalue weighted by molar-refractivity contribution is 6.45. The van der Waals surface area contributed by atoms with Gasteiger partial charge in [0.05, 0.1) is 18.4 Å². The topological polar surface area (TPSA) is 70.1 Å². The average Bonchev–Trinajstić information content (AvgIpc) is 3.04. The molecule has 0 aliphatic carbocycles. The van der Waals surface area contributed by atoms with E-state index in [4.69, 9.17) is 4.74 Å². The first kappa shape index (κ1) is 20.2. The number of carbonyl (C=O) groups is 2. The molecule has 30 heavy (non-hydrogen) atoms. The maximum atomic E-state index is 13.7. The number of para-hydroxylation sites is 2. The fourth-order valence-electron chi connectivity index (χ4n) is 4.36. The second-order valence-corrected chi connectivity index (χ2v) is 7.79. The molecule has 0 saturated carbocycles. The van der Waals surface area contributed by atoms with Crippen LogP contribution >= 0.6 is 0 Å². The summed E-state index contributed by atoms with van der Waals surface area (Å²) in [7, 11) is 1.56. The number of hydrogen-bond acceptors (Lipinski definition) is 5. The number of hydrogen-bond donors (Lipinski definition) is 1. The van der Waals surface area contributed by atoms with E-state index in [2.05, 4.69) is 0 Å². The van der Waals surface area contributed by atoms with E-state index < -0.39 is 0 Å². The van der Waals surface area contributed by atoms with Gasteiger partial charge in [-0.1, -0.05) is 36.4 Å². The molecule has 0 aromatic heterocycles. The first-order valence-electron chi connectivity index (χ1n) is 10.2. The van der Waals surface area contributed by atoms with Crippen LogP contribution < -0.4 is 9.64 Å². The number of ether oxygens (including phenoxy) is 1. The van der Waals surface area contributed by atoms with E-state index >= 15 is 0 Å². The number of benzene rings is 2. The van der Waals surface area contributed by atoms with Gasteiger partial charge in [-0.05, 0) is 43.4 Å². The van der Waals surface area contributed by atoms with Crippen molar-refractivity contribution in [1.29, 1.82) is 0 Å². The number of rotatable bonds is 5. The van der Waals surface area contributed by atoms with Crippen molar-refractivity contribution in [3.63, 3.8) is 0 Å². The summed E-state index contributed by atoms with van der Waals surface area (Å²) in [5, 5.41) is 9.68. The van der Waals surface area contributed by atoms with Crippen LogP contribution in [0.4, 0.5) is 5.69 Å². The summed E-state index contributed by atoms with van der Waals surface area (Å²) in [6.07, 6.45) is 1.77. The number of nitrogens with zero attached hydrogens (tertiary/aromatic N) is 2. The number of carbonyl (C=O) groups excluding carboxylic acids is 2. The van der Waals surface area contributed by atoms with E-state index in [1.165, 1.54) is 4.90 Å². The second kappa shape index (κ2) is 8.32. The van der Waals surface area contributed by atoms with E-state index in [0.717, 1.165) is 18.4 Å². The monoisotopic (exact) mass is 406 g/mol. The van der Waals surface area contributed by atoms with Crippen molar-refractivity contribution in [3.05, 3.63) is 65.4 Å². The average molecular weight is 406 g/mol. The molecule has 2 aliphatic heterocycles. The third kappa shape index (κ3) is 3.37. The normalized spacial score (nSPS) is 19.6. The largest absolute Gasteiger partial charge is 0.496 e. The molecule has 2 aromatic carbocycles. The molecule has 1 fully saturated rings. The highest BCUT2D eigenvalue weighted by atomic mass is 16.5. The van der Waals surface area contributed by atoms with Gasteiger partial charge in [0, 0.05) is 25.3 Å². The van der Waals surface area contributed by atoms with Gasteiger partial charge in [0.15, 0.2) is 0 Å². The molecule has 1 unspecified atom stereocenters. The molecule has 6 nitrogen and oxygen atoms in total. The van der Waals surface area contributed by atoms with Crippen molar-refractivity contribution in [1.82, 2.24) is 4.90 Å². The molecule has 2 aromatic rings. The highest BCUT2D eigenvalue weighted by Gasteiger charge is 2.44. The van der Waals surface area contributed by atoms with Gasteiger partial charge in [0.25, 0.3) is 11.8 Å². The predicted molar refractivity (Wildman–Crippen MR) is 115 cm³/mol. The number of anilines is 1. The Morgan fingerprint density at radius 3 is 2.53 bits per heavy atom. The van der Waals surface area contributed by atoms with Gasteiger partial charge in [-0.2, -0.15) is 0 Å². The van der Waals surface area contributed by atoms with Crippen molar-refractivity contribution in [2.24, 2.45) is 5.92 Å². The highest BCUT2D eigenvalue weighted by Crippen LogP contribution is 2.40. The SMILES string of the molecule is COc1ccccc1C1=C(N2CCCC(CO)C2)C(=O)N(c2ccccc2C)C1=O. The Balaban J connectivity index is 1.87. The van der Waals surface area contributed by atoms with Crippen LogP contribution in [0.15, 0.2) is 54.2 Å². The fourth-order valence-corrected chi connectivity index (χ4v) is 4.36. The molecule has 2 amide bonds. The van der Waals surface area contributed by atoms with Crippen LogP contribution in [0.25, 0.3) is 5.57 Å². The zero-order valence-corrected chi connectivity index (χ0v) is 17.3. The molecule has 0 radical (unpaired) electrons. The summed E-state index contributed by atoms with van der Waals surface area (Å²) in [6, 6.07) is 14.7. The smallest absolute Gasteiger partial charge is 0.282 e. The zero-order valence-electron chi connectivity index (χ0n) is 17.3. The maximum Gasteiger partial charge on any atom is 0.282 e. The Morgan fingerprint density at radius 2 is 1.80 bits per heavy atom. The zero-order chi connectivity index (χ0) is 21.3. The maximum absolute atomic E-state index is 13.7. The van der Waals surface area contributed by atoms with Crippen molar-refractivity contribution in [2.45, 2.75) is 19.8 Å². The minimum Gasteiger partial charge on any atom is -0.496 e. The summed E-state index contributed by atoms with van der Waals surface area (Å²) in [4.78, 5) is 30.5. The second-order valence-electron chi connectivity index (χ2n) is 7.79. The van der Waals surface area contributed by atoms with Gasteiger partial charge in [-0.3, -0.25) is 9.59 Å². The molecule has 4 rings (SSSR count).